The van der Waals surface area contributed by atoms with E-state index >= 15 is 0 Å². The molecule has 1 rings (SSSR count). The van der Waals surface area contributed by atoms with Crippen LogP contribution in [0.3, 0.4) is 0 Å². The fourth-order valence-corrected chi connectivity index (χ4v) is 1.26. The maximum atomic E-state index is 5.73. The lowest BCUT2D eigenvalue weighted by Gasteiger charge is -1.99. The molecule has 0 fully saturated rings. The van der Waals surface area contributed by atoms with E-state index in [1.807, 2.05) is 6.92 Å². The van der Waals surface area contributed by atoms with Crippen LogP contribution in [-0.4, -0.2) is 22.2 Å². The van der Waals surface area contributed by atoms with Gasteiger partial charge in [-0.25, -0.2) is 0 Å². The Balaban J connectivity index is 2.53. The summed E-state index contributed by atoms with van der Waals surface area (Å²) in [4.78, 5) is 0. The number of rotatable bonds is 5. The molecule has 0 aliphatic carbocycles. The first kappa shape index (κ1) is 10.5. The summed E-state index contributed by atoms with van der Waals surface area (Å²) >= 11 is 1.76. The minimum atomic E-state index is -0.115. The van der Waals surface area contributed by atoms with Crippen LogP contribution >= 0.6 is 11.8 Å². The maximum Gasteiger partial charge on any atom is 0.233 e. The molecule has 0 spiro atoms. The lowest BCUT2D eigenvalue weighted by Crippen LogP contribution is -2.08. The van der Waals surface area contributed by atoms with Gasteiger partial charge in [0.2, 0.25) is 11.8 Å². The largest absolute Gasteiger partial charge is 0.424 e. The number of aryl methyl sites for hydroxylation is 1. The van der Waals surface area contributed by atoms with Crippen LogP contribution in [0.25, 0.3) is 0 Å². The van der Waals surface area contributed by atoms with Gasteiger partial charge in [0.15, 0.2) is 0 Å². The van der Waals surface area contributed by atoms with Crippen LogP contribution in [0, 0.1) is 0 Å². The molecule has 1 aromatic rings. The normalized spacial score (nSPS) is 13.2. The smallest absolute Gasteiger partial charge is 0.233 e. The van der Waals surface area contributed by atoms with Gasteiger partial charge in [-0.1, -0.05) is 6.92 Å². The number of nitrogens with zero attached hydrogens (tertiary/aromatic N) is 2. The molecule has 1 atom stereocenters. The summed E-state index contributed by atoms with van der Waals surface area (Å²) in [6.07, 6.45) is 3.70. The summed E-state index contributed by atoms with van der Waals surface area (Å²) in [5.74, 6) is 2.25. The highest BCUT2D eigenvalue weighted by Crippen LogP contribution is 2.12. The van der Waals surface area contributed by atoms with E-state index in [2.05, 4.69) is 16.5 Å². The van der Waals surface area contributed by atoms with Crippen molar-refractivity contribution in [3.63, 3.8) is 0 Å². The van der Waals surface area contributed by atoms with Crippen molar-refractivity contribution in [1.29, 1.82) is 0 Å². The van der Waals surface area contributed by atoms with E-state index in [0.717, 1.165) is 18.6 Å². The average molecular weight is 201 g/mol. The summed E-state index contributed by atoms with van der Waals surface area (Å²) in [6, 6.07) is -0.115. The summed E-state index contributed by atoms with van der Waals surface area (Å²) in [6.45, 7) is 2.00. The van der Waals surface area contributed by atoms with Gasteiger partial charge in [-0.05, 0) is 12.7 Å². The van der Waals surface area contributed by atoms with Gasteiger partial charge >= 0.3 is 0 Å². The van der Waals surface area contributed by atoms with Crippen molar-refractivity contribution >= 4 is 11.8 Å². The Hall–Kier alpha value is -0.550. The van der Waals surface area contributed by atoms with Crippen LogP contribution in [-0.2, 0) is 6.42 Å². The number of aromatic nitrogens is 2. The van der Waals surface area contributed by atoms with Crippen LogP contribution in [0.5, 0.6) is 0 Å². The van der Waals surface area contributed by atoms with Gasteiger partial charge in [0, 0.05) is 12.2 Å². The molecular formula is C8H15N3OS. The third-order valence-corrected chi connectivity index (χ3v) is 2.37. The van der Waals surface area contributed by atoms with Gasteiger partial charge in [0.05, 0.1) is 6.04 Å². The number of nitrogens with two attached hydrogens (primary N) is 1. The summed E-state index contributed by atoms with van der Waals surface area (Å²) in [5.41, 5.74) is 5.73. The zero-order chi connectivity index (χ0) is 9.68. The molecule has 4 nitrogen and oxygen atoms in total. The van der Waals surface area contributed by atoms with Crippen LogP contribution in [0.2, 0.25) is 0 Å². The molecule has 0 aliphatic heterocycles. The third kappa shape index (κ3) is 3.00. The molecule has 0 radical (unpaired) electrons. The molecular weight excluding hydrogens is 186 g/mol. The Morgan fingerprint density at radius 1 is 1.54 bits per heavy atom. The average Bonchev–Trinajstić information content (AvgIpc) is 2.62. The van der Waals surface area contributed by atoms with Gasteiger partial charge < -0.3 is 10.2 Å². The van der Waals surface area contributed by atoms with Crippen molar-refractivity contribution in [2.75, 3.05) is 12.0 Å². The van der Waals surface area contributed by atoms with Crippen molar-refractivity contribution in [3.05, 3.63) is 11.8 Å². The first-order valence-corrected chi connectivity index (χ1v) is 5.74. The molecule has 1 unspecified atom stereocenters. The molecule has 0 aromatic carbocycles. The van der Waals surface area contributed by atoms with Gasteiger partial charge in [-0.2, -0.15) is 11.8 Å². The van der Waals surface area contributed by atoms with Crippen molar-refractivity contribution in [1.82, 2.24) is 10.2 Å². The van der Waals surface area contributed by atoms with Crippen molar-refractivity contribution in [3.8, 4) is 0 Å². The topological polar surface area (TPSA) is 64.9 Å². The molecule has 74 valence electrons. The Bertz CT molecular complexity index is 251. The zero-order valence-electron chi connectivity index (χ0n) is 7.99. The predicted molar refractivity (Wildman–Crippen MR) is 53.6 cm³/mol. The van der Waals surface area contributed by atoms with Gasteiger partial charge in [-0.3, -0.25) is 0 Å². The lowest BCUT2D eigenvalue weighted by atomic mass is 10.2. The second-order valence-corrected chi connectivity index (χ2v) is 3.78. The van der Waals surface area contributed by atoms with Crippen molar-refractivity contribution in [2.45, 2.75) is 25.8 Å². The van der Waals surface area contributed by atoms with E-state index in [9.17, 15) is 0 Å². The molecule has 0 amide bonds. The fraction of sp³-hybridized carbons (Fsp3) is 0.750. The molecule has 0 saturated carbocycles. The van der Waals surface area contributed by atoms with E-state index in [0.29, 0.717) is 11.8 Å². The molecule has 5 heteroatoms. The lowest BCUT2D eigenvalue weighted by molar-refractivity contribution is 0.417. The summed E-state index contributed by atoms with van der Waals surface area (Å²) < 4.78 is 5.38. The zero-order valence-corrected chi connectivity index (χ0v) is 8.80. The monoisotopic (exact) mass is 201 g/mol. The van der Waals surface area contributed by atoms with E-state index in [1.165, 1.54) is 0 Å². The minimum absolute atomic E-state index is 0.115. The number of thioether (sulfide) groups is 1. The van der Waals surface area contributed by atoms with Gasteiger partial charge in [0.1, 0.15) is 0 Å². The molecule has 1 aromatic heterocycles. The van der Waals surface area contributed by atoms with Gasteiger partial charge in [-0.15, -0.1) is 10.2 Å². The first-order valence-electron chi connectivity index (χ1n) is 4.34. The second-order valence-electron chi connectivity index (χ2n) is 2.79. The fourth-order valence-electron chi connectivity index (χ4n) is 0.881. The van der Waals surface area contributed by atoms with E-state index < -0.39 is 0 Å². The highest BCUT2D eigenvalue weighted by molar-refractivity contribution is 7.98. The molecule has 2 N–H and O–H groups in total. The van der Waals surface area contributed by atoms with E-state index in [-0.39, 0.29) is 6.04 Å². The second kappa shape index (κ2) is 5.24. The van der Waals surface area contributed by atoms with Crippen molar-refractivity contribution < 1.29 is 4.42 Å². The molecule has 13 heavy (non-hydrogen) atoms. The van der Waals surface area contributed by atoms with Crippen LogP contribution in [0.4, 0.5) is 0 Å². The molecule has 0 aliphatic rings. The third-order valence-electron chi connectivity index (χ3n) is 1.76. The quantitative estimate of drug-likeness (QED) is 0.779. The Morgan fingerprint density at radius 3 is 2.92 bits per heavy atom. The standard InChI is InChI=1S/C8H15N3OS/c1-3-6(9)8-11-10-7(12-8)4-5-13-2/h6H,3-5,9H2,1-2H3. The van der Waals surface area contributed by atoms with Crippen LogP contribution in [0.15, 0.2) is 4.42 Å². The Kier molecular flexibility index (Phi) is 4.24. The first-order chi connectivity index (χ1) is 6.27. The Morgan fingerprint density at radius 2 is 2.31 bits per heavy atom. The molecule has 0 bridgehead atoms. The highest BCUT2D eigenvalue weighted by Gasteiger charge is 2.11. The number of hydrogen-bond donors (Lipinski definition) is 1. The maximum absolute atomic E-state index is 5.73. The van der Waals surface area contributed by atoms with Crippen molar-refractivity contribution in [2.24, 2.45) is 5.73 Å². The minimum Gasteiger partial charge on any atom is -0.424 e. The SMILES string of the molecule is CCC(N)c1nnc(CCSC)o1. The van der Waals surface area contributed by atoms with E-state index in [1.54, 1.807) is 11.8 Å². The van der Waals surface area contributed by atoms with Crippen LogP contribution < -0.4 is 5.73 Å². The summed E-state index contributed by atoms with van der Waals surface area (Å²) in [5, 5.41) is 7.80. The van der Waals surface area contributed by atoms with Gasteiger partial charge in [0.25, 0.3) is 0 Å². The molecule has 0 saturated heterocycles. The summed E-state index contributed by atoms with van der Waals surface area (Å²) in [7, 11) is 0. The Labute approximate surface area is 82.3 Å². The highest BCUT2D eigenvalue weighted by atomic mass is 32.2. The number of hydrogen-bond acceptors (Lipinski definition) is 5. The molecule has 1 heterocycles. The van der Waals surface area contributed by atoms with E-state index in [4.69, 9.17) is 10.2 Å². The van der Waals surface area contributed by atoms with Crippen LogP contribution in [0.1, 0.15) is 31.2 Å². The predicted octanol–water partition coefficient (Wildman–Crippen LogP) is 1.38.